The lowest BCUT2D eigenvalue weighted by molar-refractivity contribution is -0.139. The van der Waals surface area contributed by atoms with E-state index in [2.05, 4.69) is 10.2 Å². The molecule has 0 saturated heterocycles. The second-order valence-corrected chi connectivity index (χ2v) is 5.77. The van der Waals surface area contributed by atoms with Crippen molar-refractivity contribution in [3.05, 3.63) is 29.8 Å². The van der Waals surface area contributed by atoms with Gasteiger partial charge in [-0.2, -0.15) is 0 Å². The molecular formula is C14H17N3O2S. The Morgan fingerprint density at radius 1 is 1.35 bits per heavy atom. The van der Waals surface area contributed by atoms with Gasteiger partial charge in [-0.3, -0.25) is 4.79 Å². The van der Waals surface area contributed by atoms with Crippen LogP contribution in [0.1, 0.15) is 12.5 Å². The number of aromatic nitrogens is 3. The molecule has 0 spiro atoms. The zero-order valence-electron chi connectivity index (χ0n) is 12.0. The predicted octanol–water partition coefficient (Wildman–Crippen LogP) is 2.44. The predicted molar refractivity (Wildman–Crippen MR) is 78.5 cm³/mol. The minimum absolute atomic E-state index is 0.268. The minimum atomic E-state index is -0.312. The van der Waals surface area contributed by atoms with Gasteiger partial charge in [0, 0.05) is 12.6 Å². The molecule has 1 atom stereocenters. The number of thioether (sulfide) groups is 1. The molecule has 0 aliphatic rings. The van der Waals surface area contributed by atoms with Gasteiger partial charge >= 0.3 is 5.97 Å². The van der Waals surface area contributed by atoms with Crippen molar-refractivity contribution in [1.82, 2.24) is 14.8 Å². The lowest BCUT2D eigenvalue weighted by Gasteiger charge is -2.09. The van der Waals surface area contributed by atoms with Crippen molar-refractivity contribution in [3.63, 3.8) is 0 Å². The molecule has 2 rings (SSSR count). The van der Waals surface area contributed by atoms with E-state index in [9.17, 15) is 4.79 Å². The fraction of sp³-hybridized carbons (Fsp3) is 0.357. The van der Waals surface area contributed by atoms with E-state index in [0.29, 0.717) is 5.16 Å². The lowest BCUT2D eigenvalue weighted by atomic mass is 10.1. The first-order chi connectivity index (χ1) is 9.54. The maximum absolute atomic E-state index is 11.5. The molecule has 0 bridgehead atoms. The Morgan fingerprint density at radius 2 is 2.05 bits per heavy atom. The van der Waals surface area contributed by atoms with Crippen molar-refractivity contribution in [2.45, 2.75) is 24.3 Å². The van der Waals surface area contributed by atoms with Crippen LogP contribution in [0, 0.1) is 6.92 Å². The molecule has 20 heavy (non-hydrogen) atoms. The number of carbonyl (C=O) groups is 1. The Balaban J connectivity index is 2.28. The summed E-state index contributed by atoms with van der Waals surface area (Å²) >= 11 is 1.34. The van der Waals surface area contributed by atoms with E-state index >= 15 is 0 Å². The van der Waals surface area contributed by atoms with Crippen molar-refractivity contribution in [2.24, 2.45) is 7.05 Å². The maximum Gasteiger partial charge on any atom is 0.318 e. The fourth-order valence-corrected chi connectivity index (χ4v) is 2.69. The molecular weight excluding hydrogens is 274 g/mol. The molecule has 0 aliphatic heterocycles. The van der Waals surface area contributed by atoms with Crippen molar-refractivity contribution in [1.29, 1.82) is 0 Å². The molecule has 0 radical (unpaired) electrons. The van der Waals surface area contributed by atoms with Crippen LogP contribution in [-0.2, 0) is 16.6 Å². The summed E-state index contributed by atoms with van der Waals surface area (Å²) in [6, 6.07) is 8.01. The maximum atomic E-state index is 11.5. The summed E-state index contributed by atoms with van der Waals surface area (Å²) < 4.78 is 6.61. The highest BCUT2D eigenvalue weighted by Gasteiger charge is 2.19. The number of benzene rings is 1. The Kier molecular flexibility index (Phi) is 4.44. The van der Waals surface area contributed by atoms with Crippen molar-refractivity contribution in [3.8, 4) is 11.4 Å². The van der Waals surface area contributed by atoms with Crippen LogP contribution in [0.3, 0.4) is 0 Å². The van der Waals surface area contributed by atoms with E-state index < -0.39 is 0 Å². The van der Waals surface area contributed by atoms with E-state index in [0.717, 1.165) is 17.0 Å². The van der Waals surface area contributed by atoms with E-state index in [1.54, 1.807) is 6.92 Å². The van der Waals surface area contributed by atoms with Crippen LogP contribution in [0.5, 0.6) is 0 Å². The summed E-state index contributed by atoms with van der Waals surface area (Å²) in [5.74, 6) is 0.526. The second-order valence-electron chi connectivity index (χ2n) is 4.46. The Labute approximate surface area is 122 Å². The molecule has 5 nitrogen and oxygen atoms in total. The number of hydrogen-bond acceptors (Lipinski definition) is 5. The highest BCUT2D eigenvalue weighted by molar-refractivity contribution is 8.00. The van der Waals surface area contributed by atoms with E-state index in [4.69, 9.17) is 4.74 Å². The van der Waals surface area contributed by atoms with Gasteiger partial charge in [-0.25, -0.2) is 0 Å². The van der Waals surface area contributed by atoms with Gasteiger partial charge in [0.25, 0.3) is 0 Å². The summed E-state index contributed by atoms with van der Waals surface area (Å²) in [4.78, 5) is 11.5. The number of carbonyl (C=O) groups excluding carboxylic acids is 1. The molecule has 0 aliphatic carbocycles. The number of aryl methyl sites for hydroxylation is 1. The lowest BCUT2D eigenvalue weighted by Crippen LogP contribution is -2.15. The van der Waals surface area contributed by atoms with E-state index in [1.807, 2.05) is 42.8 Å². The second kappa shape index (κ2) is 6.09. The summed E-state index contributed by atoms with van der Waals surface area (Å²) in [7, 11) is 3.28. The van der Waals surface area contributed by atoms with Crippen LogP contribution in [-0.4, -0.2) is 33.1 Å². The van der Waals surface area contributed by atoms with Gasteiger partial charge < -0.3 is 9.30 Å². The van der Waals surface area contributed by atoms with Gasteiger partial charge in [-0.15, -0.1) is 10.2 Å². The first-order valence-electron chi connectivity index (χ1n) is 6.24. The SMILES string of the molecule is COC(=O)C(C)Sc1nnc(-c2ccccc2C)n1C. The Hall–Kier alpha value is -1.82. The van der Waals surface area contributed by atoms with E-state index in [1.165, 1.54) is 18.9 Å². The number of esters is 1. The highest BCUT2D eigenvalue weighted by atomic mass is 32.2. The van der Waals surface area contributed by atoms with Crippen molar-refractivity contribution in [2.75, 3.05) is 7.11 Å². The zero-order valence-corrected chi connectivity index (χ0v) is 12.8. The third kappa shape index (κ3) is 2.85. The first kappa shape index (κ1) is 14.6. The highest BCUT2D eigenvalue weighted by Crippen LogP contribution is 2.27. The zero-order chi connectivity index (χ0) is 14.7. The molecule has 106 valence electrons. The normalized spacial score (nSPS) is 12.2. The molecule has 1 aromatic heterocycles. The van der Waals surface area contributed by atoms with Crippen LogP contribution in [0.4, 0.5) is 0 Å². The van der Waals surface area contributed by atoms with Gasteiger partial charge in [0.1, 0.15) is 5.25 Å². The van der Waals surface area contributed by atoms with Crippen molar-refractivity contribution < 1.29 is 9.53 Å². The van der Waals surface area contributed by atoms with Gasteiger partial charge in [-0.1, -0.05) is 36.0 Å². The topological polar surface area (TPSA) is 57.0 Å². The average molecular weight is 291 g/mol. The monoisotopic (exact) mass is 291 g/mol. The fourth-order valence-electron chi connectivity index (χ4n) is 1.85. The molecule has 0 amide bonds. The van der Waals surface area contributed by atoms with Gasteiger partial charge in [0.2, 0.25) is 0 Å². The number of hydrogen-bond donors (Lipinski definition) is 0. The van der Waals surface area contributed by atoms with Gasteiger partial charge in [0.05, 0.1) is 7.11 Å². The van der Waals surface area contributed by atoms with Crippen LogP contribution >= 0.6 is 11.8 Å². The third-order valence-electron chi connectivity index (χ3n) is 3.04. The third-order valence-corrected chi connectivity index (χ3v) is 4.15. The molecule has 1 heterocycles. The van der Waals surface area contributed by atoms with Gasteiger partial charge in [0.15, 0.2) is 11.0 Å². The molecule has 0 N–H and O–H groups in total. The van der Waals surface area contributed by atoms with Crippen molar-refractivity contribution >= 4 is 17.7 Å². The number of methoxy groups -OCH3 is 1. The van der Waals surface area contributed by atoms with E-state index in [-0.39, 0.29) is 11.2 Å². The molecule has 0 fully saturated rings. The quantitative estimate of drug-likeness (QED) is 0.639. The van der Waals surface area contributed by atoms with Gasteiger partial charge in [-0.05, 0) is 19.4 Å². The number of nitrogens with zero attached hydrogens (tertiary/aromatic N) is 3. The average Bonchev–Trinajstić information content (AvgIpc) is 2.80. The van der Waals surface area contributed by atoms with Crippen LogP contribution in [0.25, 0.3) is 11.4 Å². The minimum Gasteiger partial charge on any atom is -0.468 e. The van der Waals surface area contributed by atoms with Crippen LogP contribution in [0.15, 0.2) is 29.4 Å². The summed E-state index contributed by atoms with van der Waals surface area (Å²) in [6.07, 6.45) is 0. The summed E-state index contributed by atoms with van der Waals surface area (Å²) in [6.45, 7) is 3.83. The molecule has 2 aromatic rings. The molecule has 6 heteroatoms. The first-order valence-corrected chi connectivity index (χ1v) is 7.12. The molecule has 1 unspecified atom stereocenters. The number of ether oxygens (including phenoxy) is 1. The Morgan fingerprint density at radius 3 is 2.70 bits per heavy atom. The van der Waals surface area contributed by atoms with Crippen LogP contribution < -0.4 is 0 Å². The largest absolute Gasteiger partial charge is 0.468 e. The smallest absolute Gasteiger partial charge is 0.318 e. The summed E-state index contributed by atoms with van der Waals surface area (Å²) in [5, 5.41) is 8.77. The van der Waals surface area contributed by atoms with Crippen LogP contribution in [0.2, 0.25) is 0 Å². The molecule has 1 aromatic carbocycles. The summed E-state index contributed by atoms with van der Waals surface area (Å²) in [5.41, 5.74) is 2.18. The molecule has 0 saturated carbocycles. The standard InChI is InChI=1S/C14H17N3O2S/c1-9-7-5-6-8-11(9)12-15-16-14(17(12)3)20-10(2)13(18)19-4/h5-8,10H,1-4H3. The Bertz CT molecular complexity index is 625. The number of rotatable bonds is 4.